The van der Waals surface area contributed by atoms with E-state index < -0.39 is 0 Å². The Morgan fingerprint density at radius 2 is 2.12 bits per heavy atom. The smallest absolute Gasteiger partial charge is 0.0584 e. The van der Waals surface area contributed by atoms with Crippen LogP contribution in [0.1, 0.15) is 25.8 Å². The molecule has 0 fully saturated rings. The van der Waals surface area contributed by atoms with Gasteiger partial charge >= 0.3 is 0 Å². The molecule has 0 aliphatic carbocycles. The van der Waals surface area contributed by atoms with E-state index in [4.69, 9.17) is 11.6 Å². The van der Waals surface area contributed by atoms with Gasteiger partial charge in [-0.1, -0.05) is 31.5 Å². The highest BCUT2D eigenvalue weighted by Crippen LogP contribution is 2.23. The molecule has 1 aromatic carbocycles. The SMILES string of the molecule is CC(C)CC(CO)NCc1ccc(Br)c(Cl)c1. The van der Waals surface area contributed by atoms with Crippen LogP contribution in [0.25, 0.3) is 0 Å². The van der Waals surface area contributed by atoms with Crippen LogP contribution in [0.2, 0.25) is 5.02 Å². The van der Waals surface area contributed by atoms with Crippen molar-refractivity contribution in [1.29, 1.82) is 0 Å². The predicted molar refractivity (Wildman–Crippen MR) is 76.3 cm³/mol. The van der Waals surface area contributed by atoms with Crippen molar-refractivity contribution < 1.29 is 5.11 Å². The Hall–Kier alpha value is -0.0900. The molecule has 0 aromatic heterocycles. The van der Waals surface area contributed by atoms with E-state index in [-0.39, 0.29) is 12.6 Å². The lowest BCUT2D eigenvalue weighted by atomic mass is 10.0. The van der Waals surface area contributed by atoms with E-state index >= 15 is 0 Å². The van der Waals surface area contributed by atoms with E-state index in [2.05, 4.69) is 35.1 Å². The third-order valence-corrected chi connectivity index (χ3v) is 3.79. The lowest BCUT2D eigenvalue weighted by Crippen LogP contribution is -2.33. The zero-order valence-corrected chi connectivity index (χ0v) is 12.6. The Morgan fingerprint density at radius 3 is 2.65 bits per heavy atom. The average molecular weight is 321 g/mol. The Kier molecular flexibility index (Phi) is 6.49. The molecule has 0 radical (unpaired) electrons. The van der Waals surface area contributed by atoms with Crippen molar-refractivity contribution in [3.8, 4) is 0 Å². The van der Waals surface area contributed by atoms with Gasteiger partial charge in [-0.3, -0.25) is 0 Å². The molecule has 0 aliphatic heterocycles. The Morgan fingerprint density at radius 1 is 1.41 bits per heavy atom. The van der Waals surface area contributed by atoms with E-state index in [1.54, 1.807) is 0 Å². The molecule has 0 heterocycles. The van der Waals surface area contributed by atoms with E-state index in [0.29, 0.717) is 10.9 Å². The fourth-order valence-electron chi connectivity index (χ4n) is 1.70. The summed E-state index contributed by atoms with van der Waals surface area (Å²) in [4.78, 5) is 0. The number of benzene rings is 1. The summed E-state index contributed by atoms with van der Waals surface area (Å²) < 4.78 is 0.906. The minimum atomic E-state index is 0.150. The first-order valence-corrected chi connectivity index (χ1v) is 6.98. The van der Waals surface area contributed by atoms with Gasteiger partial charge in [0.1, 0.15) is 0 Å². The van der Waals surface area contributed by atoms with Gasteiger partial charge in [0.25, 0.3) is 0 Å². The predicted octanol–water partition coefficient (Wildman–Crippen LogP) is 3.60. The van der Waals surface area contributed by atoms with Crippen molar-refractivity contribution in [2.75, 3.05) is 6.61 Å². The number of aliphatic hydroxyl groups is 1. The van der Waals surface area contributed by atoms with Gasteiger partial charge in [0.2, 0.25) is 0 Å². The van der Waals surface area contributed by atoms with Crippen LogP contribution in [0.5, 0.6) is 0 Å². The Balaban J connectivity index is 2.50. The summed E-state index contributed by atoms with van der Waals surface area (Å²) in [7, 11) is 0. The van der Waals surface area contributed by atoms with E-state index in [9.17, 15) is 5.11 Å². The molecular formula is C13H19BrClNO. The molecule has 4 heteroatoms. The van der Waals surface area contributed by atoms with Crippen LogP contribution in [-0.4, -0.2) is 17.8 Å². The zero-order chi connectivity index (χ0) is 12.8. The van der Waals surface area contributed by atoms with Crippen LogP contribution in [0.15, 0.2) is 22.7 Å². The summed E-state index contributed by atoms with van der Waals surface area (Å²) in [6.45, 7) is 5.20. The first-order valence-electron chi connectivity index (χ1n) is 5.81. The number of hydrogen-bond acceptors (Lipinski definition) is 2. The van der Waals surface area contributed by atoms with Gasteiger partial charge in [-0.15, -0.1) is 0 Å². The molecule has 0 saturated heterocycles. The lowest BCUT2D eigenvalue weighted by Gasteiger charge is -2.18. The highest BCUT2D eigenvalue weighted by molar-refractivity contribution is 9.10. The third kappa shape index (κ3) is 5.38. The van der Waals surface area contributed by atoms with Crippen molar-refractivity contribution in [2.45, 2.75) is 32.9 Å². The molecule has 0 saturated carbocycles. The molecule has 1 unspecified atom stereocenters. The number of halogens is 2. The molecule has 96 valence electrons. The summed E-state index contributed by atoms with van der Waals surface area (Å²) in [5, 5.41) is 13.3. The summed E-state index contributed by atoms with van der Waals surface area (Å²) in [5.74, 6) is 0.577. The Labute approximate surface area is 117 Å². The average Bonchev–Trinajstić information content (AvgIpc) is 2.28. The number of hydrogen-bond donors (Lipinski definition) is 2. The summed E-state index contributed by atoms with van der Waals surface area (Å²) in [5.41, 5.74) is 1.13. The second kappa shape index (κ2) is 7.37. The van der Waals surface area contributed by atoms with Crippen molar-refractivity contribution in [3.63, 3.8) is 0 Å². The van der Waals surface area contributed by atoms with Crippen LogP contribution < -0.4 is 5.32 Å². The maximum atomic E-state index is 9.26. The molecule has 0 amide bonds. The van der Waals surface area contributed by atoms with E-state index in [1.807, 2.05) is 18.2 Å². The van der Waals surface area contributed by atoms with Crippen LogP contribution in [0.3, 0.4) is 0 Å². The van der Waals surface area contributed by atoms with Crippen LogP contribution in [0.4, 0.5) is 0 Å². The first kappa shape index (κ1) is 15.0. The minimum absolute atomic E-state index is 0.150. The van der Waals surface area contributed by atoms with Crippen molar-refractivity contribution >= 4 is 27.5 Å². The van der Waals surface area contributed by atoms with Crippen LogP contribution >= 0.6 is 27.5 Å². The monoisotopic (exact) mass is 319 g/mol. The second-order valence-corrected chi connectivity index (χ2v) is 5.90. The molecule has 0 aliphatic rings. The zero-order valence-electron chi connectivity index (χ0n) is 10.2. The summed E-state index contributed by atoms with van der Waals surface area (Å²) in [6, 6.07) is 6.04. The molecular weight excluding hydrogens is 302 g/mol. The van der Waals surface area contributed by atoms with Crippen molar-refractivity contribution in [3.05, 3.63) is 33.3 Å². The second-order valence-electron chi connectivity index (χ2n) is 4.64. The van der Waals surface area contributed by atoms with Crippen LogP contribution in [-0.2, 0) is 6.54 Å². The molecule has 1 rings (SSSR count). The van der Waals surface area contributed by atoms with Gasteiger partial charge in [-0.05, 0) is 46.0 Å². The molecule has 17 heavy (non-hydrogen) atoms. The highest BCUT2D eigenvalue weighted by Gasteiger charge is 2.09. The maximum Gasteiger partial charge on any atom is 0.0584 e. The standard InChI is InChI=1S/C13H19BrClNO/c1-9(2)5-11(8-17)16-7-10-3-4-12(14)13(15)6-10/h3-4,6,9,11,16-17H,5,7-8H2,1-2H3. The van der Waals surface area contributed by atoms with E-state index in [0.717, 1.165) is 23.0 Å². The van der Waals surface area contributed by atoms with Gasteiger partial charge in [0.15, 0.2) is 0 Å². The lowest BCUT2D eigenvalue weighted by molar-refractivity contribution is 0.223. The molecule has 2 N–H and O–H groups in total. The number of nitrogens with one attached hydrogen (secondary N) is 1. The van der Waals surface area contributed by atoms with Crippen LogP contribution in [0, 0.1) is 5.92 Å². The third-order valence-electron chi connectivity index (χ3n) is 2.56. The van der Waals surface area contributed by atoms with Crippen molar-refractivity contribution in [1.82, 2.24) is 5.32 Å². The summed E-state index contributed by atoms with van der Waals surface area (Å²) >= 11 is 9.39. The normalized spacial score (nSPS) is 13.1. The molecule has 1 atom stereocenters. The maximum absolute atomic E-state index is 9.26. The largest absolute Gasteiger partial charge is 0.395 e. The van der Waals surface area contributed by atoms with E-state index in [1.165, 1.54) is 0 Å². The molecule has 0 spiro atoms. The van der Waals surface area contributed by atoms with Gasteiger partial charge in [-0.25, -0.2) is 0 Å². The van der Waals surface area contributed by atoms with Crippen molar-refractivity contribution in [2.24, 2.45) is 5.92 Å². The van der Waals surface area contributed by atoms with Gasteiger partial charge < -0.3 is 10.4 Å². The minimum Gasteiger partial charge on any atom is -0.395 e. The fraction of sp³-hybridized carbons (Fsp3) is 0.538. The number of rotatable bonds is 6. The quantitative estimate of drug-likeness (QED) is 0.839. The molecule has 0 bridgehead atoms. The molecule has 2 nitrogen and oxygen atoms in total. The topological polar surface area (TPSA) is 32.3 Å². The van der Waals surface area contributed by atoms with Gasteiger partial charge in [0, 0.05) is 17.1 Å². The van der Waals surface area contributed by atoms with Gasteiger partial charge in [0.05, 0.1) is 11.6 Å². The highest BCUT2D eigenvalue weighted by atomic mass is 79.9. The first-order chi connectivity index (χ1) is 8.02. The fourth-order valence-corrected chi connectivity index (χ4v) is 2.15. The Bertz CT molecular complexity index is 357. The molecule has 1 aromatic rings. The van der Waals surface area contributed by atoms with Gasteiger partial charge in [-0.2, -0.15) is 0 Å². The summed E-state index contributed by atoms with van der Waals surface area (Å²) in [6.07, 6.45) is 0.973. The number of aliphatic hydroxyl groups excluding tert-OH is 1.